The smallest absolute Gasteiger partial charge is 0.342 e. The minimum absolute atomic E-state index is 0.143. The number of esters is 1. The maximum atomic E-state index is 12.3. The van der Waals surface area contributed by atoms with Crippen molar-refractivity contribution in [1.82, 2.24) is 0 Å². The lowest BCUT2D eigenvalue weighted by molar-refractivity contribution is -0.118. The van der Waals surface area contributed by atoms with Gasteiger partial charge in [0.15, 0.2) is 0 Å². The second-order valence-corrected chi connectivity index (χ2v) is 6.05. The molecule has 4 nitrogen and oxygen atoms in total. The number of amides is 1. The predicted octanol–water partition coefficient (Wildman–Crippen LogP) is 3.40. The number of anilines is 1. The largest absolute Gasteiger partial charge is 0.433 e. The fourth-order valence-electron chi connectivity index (χ4n) is 3.50. The van der Waals surface area contributed by atoms with Gasteiger partial charge < -0.3 is 4.74 Å². The lowest BCUT2D eigenvalue weighted by Gasteiger charge is -2.35. The van der Waals surface area contributed by atoms with Crippen LogP contribution in [0, 0.1) is 0 Å². The van der Waals surface area contributed by atoms with Crippen molar-refractivity contribution >= 4 is 17.6 Å². The van der Waals surface area contributed by atoms with Crippen molar-refractivity contribution in [3.63, 3.8) is 0 Å². The van der Waals surface area contributed by atoms with Crippen molar-refractivity contribution in [1.29, 1.82) is 0 Å². The Morgan fingerprint density at radius 1 is 1.13 bits per heavy atom. The van der Waals surface area contributed by atoms with Gasteiger partial charge in [0, 0.05) is 12.5 Å². The summed E-state index contributed by atoms with van der Waals surface area (Å²) in [5, 5.41) is 0. The average molecular weight is 307 g/mol. The first kappa shape index (κ1) is 14.0. The molecule has 0 saturated heterocycles. The lowest BCUT2D eigenvalue weighted by atomic mass is 10.0. The van der Waals surface area contributed by atoms with Crippen LogP contribution in [0.15, 0.2) is 42.5 Å². The van der Waals surface area contributed by atoms with Crippen molar-refractivity contribution in [3.8, 4) is 0 Å². The van der Waals surface area contributed by atoms with Crippen molar-refractivity contribution in [2.45, 2.75) is 32.4 Å². The van der Waals surface area contributed by atoms with E-state index in [1.54, 1.807) is 23.1 Å². The Morgan fingerprint density at radius 3 is 2.74 bits per heavy atom. The van der Waals surface area contributed by atoms with Gasteiger partial charge in [0.05, 0.1) is 11.3 Å². The Hall–Kier alpha value is -2.62. The van der Waals surface area contributed by atoms with E-state index in [0.29, 0.717) is 11.3 Å². The third-order valence-electron chi connectivity index (χ3n) is 4.58. The van der Waals surface area contributed by atoms with Crippen LogP contribution in [0.25, 0.3) is 0 Å². The van der Waals surface area contributed by atoms with E-state index in [1.807, 2.05) is 12.1 Å². The molecule has 0 spiro atoms. The van der Waals surface area contributed by atoms with Crippen LogP contribution in [0.4, 0.5) is 5.69 Å². The molecule has 1 aliphatic carbocycles. The minimum Gasteiger partial charge on any atom is -0.433 e. The predicted molar refractivity (Wildman–Crippen MR) is 86.2 cm³/mol. The second kappa shape index (κ2) is 5.23. The first-order chi connectivity index (χ1) is 11.1. The summed E-state index contributed by atoms with van der Waals surface area (Å²) in [6, 6.07) is 13.2. The summed E-state index contributed by atoms with van der Waals surface area (Å²) in [5.41, 5.74) is 4.54. The van der Waals surface area contributed by atoms with E-state index in [0.717, 1.165) is 24.8 Å². The second-order valence-electron chi connectivity index (χ2n) is 6.05. The number of fused-ring (bicyclic) bond motifs is 2. The first-order valence-electron chi connectivity index (χ1n) is 7.86. The zero-order valence-corrected chi connectivity index (χ0v) is 12.9. The van der Waals surface area contributed by atoms with Gasteiger partial charge in [0.25, 0.3) is 0 Å². The SMILES string of the molecule is CC(=O)N1c2ccccc2C(=O)OC1c1ccc2c(c1)CCC2. The third kappa shape index (κ3) is 2.22. The number of carbonyl (C=O) groups excluding carboxylic acids is 2. The lowest BCUT2D eigenvalue weighted by Crippen LogP contribution is -2.40. The monoisotopic (exact) mass is 307 g/mol. The number of hydrogen-bond donors (Lipinski definition) is 0. The molecule has 1 aliphatic heterocycles. The maximum absolute atomic E-state index is 12.3. The number of rotatable bonds is 1. The Bertz CT molecular complexity index is 812. The molecule has 23 heavy (non-hydrogen) atoms. The molecule has 0 bridgehead atoms. The Balaban J connectivity index is 1.82. The fraction of sp³-hybridized carbons (Fsp3) is 0.263. The van der Waals surface area contributed by atoms with E-state index >= 15 is 0 Å². The van der Waals surface area contributed by atoms with E-state index in [4.69, 9.17) is 4.74 Å². The van der Waals surface area contributed by atoms with Crippen molar-refractivity contribution < 1.29 is 14.3 Å². The Labute approximate surface area is 134 Å². The molecular weight excluding hydrogens is 290 g/mol. The average Bonchev–Trinajstić information content (AvgIpc) is 3.02. The zero-order chi connectivity index (χ0) is 16.0. The molecule has 116 valence electrons. The van der Waals surface area contributed by atoms with E-state index in [1.165, 1.54) is 18.1 Å². The number of ether oxygens (including phenoxy) is 1. The molecule has 0 fully saturated rings. The summed E-state index contributed by atoms with van der Waals surface area (Å²) >= 11 is 0. The highest BCUT2D eigenvalue weighted by Gasteiger charge is 2.36. The van der Waals surface area contributed by atoms with Gasteiger partial charge in [-0.05, 0) is 48.6 Å². The zero-order valence-electron chi connectivity index (χ0n) is 12.9. The van der Waals surface area contributed by atoms with Gasteiger partial charge in [0.1, 0.15) is 0 Å². The van der Waals surface area contributed by atoms with Gasteiger partial charge in [-0.2, -0.15) is 0 Å². The van der Waals surface area contributed by atoms with Crippen LogP contribution < -0.4 is 4.90 Å². The van der Waals surface area contributed by atoms with Crippen LogP contribution in [-0.4, -0.2) is 11.9 Å². The summed E-state index contributed by atoms with van der Waals surface area (Å²) in [4.78, 5) is 26.1. The summed E-state index contributed by atoms with van der Waals surface area (Å²) in [6.07, 6.45) is 2.60. The van der Waals surface area contributed by atoms with Gasteiger partial charge in [0.2, 0.25) is 12.1 Å². The number of para-hydroxylation sites is 1. The van der Waals surface area contributed by atoms with E-state index in [2.05, 4.69) is 12.1 Å². The van der Waals surface area contributed by atoms with Crippen molar-refractivity contribution in [3.05, 3.63) is 64.7 Å². The fourth-order valence-corrected chi connectivity index (χ4v) is 3.50. The van der Waals surface area contributed by atoms with Crippen LogP contribution in [0.3, 0.4) is 0 Å². The molecule has 0 aromatic heterocycles. The Kier molecular flexibility index (Phi) is 3.18. The molecule has 1 heterocycles. The molecule has 4 heteroatoms. The molecule has 4 rings (SSSR count). The van der Waals surface area contributed by atoms with Gasteiger partial charge in [-0.3, -0.25) is 9.69 Å². The normalized spacial score (nSPS) is 19.1. The van der Waals surface area contributed by atoms with Gasteiger partial charge in [-0.15, -0.1) is 0 Å². The van der Waals surface area contributed by atoms with E-state index in [-0.39, 0.29) is 11.9 Å². The highest BCUT2D eigenvalue weighted by atomic mass is 16.6. The molecule has 1 amide bonds. The summed E-state index contributed by atoms with van der Waals surface area (Å²) < 4.78 is 5.60. The summed E-state index contributed by atoms with van der Waals surface area (Å²) in [6.45, 7) is 1.50. The molecule has 0 radical (unpaired) electrons. The molecule has 1 unspecified atom stereocenters. The van der Waals surface area contributed by atoms with Crippen LogP contribution >= 0.6 is 0 Å². The highest BCUT2D eigenvalue weighted by Crippen LogP contribution is 2.38. The topological polar surface area (TPSA) is 46.6 Å². The van der Waals surface area contributed by atoms with Crippen LogP contribution in [0.5, 0.6) is 0 Å². The number of benzene rings is 2. The number of hydrogen-bond acceptors (Lipinski definition) is 3. The molecule has 2 aromatic carbocycles. The van der Waals surface area contributed by atoms with Crippen molar-refractivity contribution in [2.24, 2.45) is 0 Å². The molecule has 0 saturated carbocycles. The van der Waals surface area contributed by atoms with E-state index in [9.17, 15) is 9.59 Å². The molecular formula is C19H17NO3. The van der Waals surface area contributed by atoms with Crippen LogP contribution in [0.2, 0.25) is 0 Å². The maximum Gasteiger partial charge on any atom is 0.342 e. The number of nitrogens with zero attached hydrogens (tertiary/aromatic N) is 1. The molecule has 2 aromatic rings. The van der Waals surface area contributed by atoms with Gasteiger partial charge >= 0.3 is 5.97 Å². The standard InChI is InChI=1S/C19H17NO3/c1-12(21)20-17-8-3-2-7-16(17)19(22)23-18(20)15-10-9-13-5-4-6-14(13)11-15/h2-3,7-11,18H,4-6H2,1H3. The van der Waals surface area contributed by atoms with Crippen LogP contribution in [0.1, 0.15) is 46.6 Å². The number of carbonyl (C=O) groups is 2. The summed E-state index contributed by atoms with van der Waals surface area (Å²) in [5.74, 6) is -0.529. The first-order valence-corrected chi connectivity index (χ1v) is 7.86. The third-order valence-corrected chi connectivity index (χ3v) is 4.58. The van der Waals surface area contributed by atoms with E-state index < -0.39 is 6.23 Å². The number of aryl methyl sites for hydroxylation is 2. The molecule has 1 atom stereocenters. The van der Waals surface area contributed by atoms with Gasteiger partial charge in [-0.25, -0.2) is 4.79 Å². The Morgan fingerprint density at radius 2 is 1.91 bits per heavy atom. The summed E-state index contributed by atoms with van der Waals surface area (Å²) in [7, 11) is 0. The molecule has 0 N–H and O–H groups in total. The highest BCUT2D eigenvalue weighted by molar-refractivity contribution is 6.04. The quantitative estimate of drug-likeness (QED) is 0.759. The molecule has 2 aliphatic rings. The minimum atomic E-state index is -0.694. The number of cyclic esters (lactones) is 1. The van der Waals surface area contributed by atoms with Crippen LogP contribution in [-0.2, 0) is 22.4 Å². The van der Waals surface area contributed by atoms with Crippen molar-refractivity contribution in [2.75, 3.05) is 4.90 Å². The van der Waals surface area contributed by atoms with Gasteiger partial charge in [-0.1, -0.05) is 24.3 Å².